The average Bonchev–Trinajstić information content (AvgIpc) is 3.41. The molecule has 0 radical (unpaired) electrons. The van der Waals surface area contributed by atoms with E-state index in [1.807, 2.05) is 12.3 Å². The molecule has 0 spiro atoms. The summed E-state index contributed by atoms with van der Waals surface area (Å²) in [4.78, 5) is 29.5. The quantitative estimate of drug-likeness (QED) is 0.302. The number of aromatic hydroxyl groups is 1. The van der Waals surface area contributed by atoms with Crippen LogP contribution in [0, 0.1) is 11.8 Å². The highest BCUT2D eigenvalue weighted by Gasteiger charge is 2.19. The zero-order chi connectivity index (χ0) is 26.2. The number of methoxy groups -OCH3 is 1. The van der Waals surface area contributed by atoms with Crippen molar-refractivity contribution in [1.82, 2.24) is 20.1 Å². The van der Waals surface area contributed by atoms with Gasteiger partial charge in [-0.25, -0.2) is 9.78 Å². The summed E-state index contributed by atoms with van der Waals surface area (Å²) in [5.41, 5.74) is 1.90. The number of aromatic nitrogens is 3. The van der Waals surface area contributed by atoms with Crippen LogP contribution in [0.25, 0.3) is 10.9 Å². The van der Waals surface area contributed by atoms with Gasteiger partial charge in [-0.2, -0.15) is 5.10 Å². The molecule has 0 saturated carbocycles. The predicted molar refractivity (Wildman–Crippen MR) is 137 cm³/mol. The van der Waals surface area contributed by atoms with E-state index in [0.717, 1.165) is 5.56 Å². The van der Waals surface area contributed by atoms with Gasteiger partial charge in [0.05, 0.1) is 30.3 Å². The molecule has 0 unspecified atom stereocenters. The Balaban J connectivity index is 1.53. The molecular formula is C28H26N4O5. The van der Waals surface area contributed by atoms with Crippen LogP contribution in [0.1, 0.15) is 38.4 Å². The molecule has 188 valence electrons. The molecule has 0 saturated heterocycles. The Morgan fingerprint density at radius 3 is 2.68 bits per heavy atom. The third kappa shape index (κ3) is 6.72. The van der Waals surface area contributed by atoms with Gasteiger partial charge in [0, 0.05) is 36.9 Å². The lowest BCUT2D eigenvalue weighted by Crippen LogP contribution is -2.40. The van der Waals surface area contributed by atoms with Crippen LogP contribution in [0.4, 0.5) is 0 Å². The van der Waals surface area contributed by atoms with Gasteiger partial charge in [-0.1, -0.05) is 24.0 Å². The second kappa shape index (κ2) is 11.8. The highest BCUT2D eigenvalue weighted by Crippen LogP contribution is 2.21. The van der Waals surface area contributed by atoms with Gasteiger partial charge < -0.3 is 20.3 Å². The van der Waals surface area contributed by atoms with Gasteiger partial charge in [0.1, 0.15) is 11.4 Å². The van der Waals surface area contributed by atoms with E-state index >= 15 is 0 Å². The number of nitrogens with zero attached hydrogens (tertiary/aromatic N) is 3. The lowest BCUT2D eigenvalue weighted by atomic mass is 10.0. The summed E-state index contributed by atoms with van der Waals surface area (Å²) < 4.78 is 7.03. The van der Waals surface area contributed by atoms with Gasteiger partial charge in [-0.15, -0.1) is 0 Å². The van der Waals surface area contributed by atoms with Crippen molar-refractivity contribution >= 4 is 22.8 Å². The Kier molecular flexibility index (Phi) is 8.13. The van der Waals surface area contributed by atoms with Crippen LogP contribution in [0.5, 0.6) is 5.75 Å². The first-order chi connectivity index (χ1) is 17.9. The maximum Gasteiger partial charge on any atom is 0.336 e. The van der Waals surface area contributed by atoms with E-state index < -0.39 is 11.9 Å². The molecular weight excluding hydrogens is 472 g/mol. The lowest BCUT2D eigenvalue weighted by molar-refractivity contribution is 0.0699. The summed E-state index contributed by atoms with van der Waals surface area (Å²) in [5.74, 6) is 4.60. The summed E-state index contributed by atoms with van der Waals surface area (Å²) in [6.45, 7) is 0.902. The number of carboxylic acids is 1. The molecule has 0 aliphatic heterocycles. The minimum Gasteiger partial charge on any atom is -0.508 e. The van der Waals surface area contributed by atoms with Crippen molar-refractivity contribution in [3.05, 3.63) is 89.4 Å². The number of amides is 1. The lowest BCUT2D eigenvalue weighted by Gasteiger charge is -2.18. The third-order valence-corrected chi connectivity index (χ3v) is 5.65. The van der Waals surface area contributed by atoms with Crippen LogP contribution < -0.4 is 5.32 Å². The van der Waals surface area contributed by atoms with Crippen LogP contribution in [0.3, 0.4) is 0 Å². The number of carbonyl (C=O) groups is 2. The number of benzene rings is 2. The standard InChI is InChI=1S/C28H26N4O5/c1-37-18-21(15-20-6-9-22(33)10-7-20)30-27(34)26-17-24(28(35)36)23-16-19(8-11-25(23)31-26)5-2-3-13-32-14-4-12-29-32/h4,6-12,14,16-17,21,33H,3,13,15,18H2,1H3,(H,30,34)(H,35,36)/t21-/m0/s1. The average molecular weight is 499 g/mol. The number of hydrogen-bond donors (Lipinski definition) is 3. The molecule has 0 aliphatic rings. The van der Waals surface area contributed by atoms with Gasteiger partial charge in [0.25, 0.3) is 5.91 Å². The second-order valence-corrected chi connectivity index (χ2v) is 8.41. The molecule has 1 atom stereocenters. The zero-order valence-electron chi connectivity index (χ0n) is 20.2. The third-order valence-electron chi connectivity index (χ3n) is 5.65. The number of carbonyl (C=O) groups excluding carboxylic acids is 1. The minimum absolute atomic E-state index is 0.00485. The molecule has 2 aromatic heterocycles. The molecule has 3 N–H and O–H groups in total. The van der Waals surface area contributed by atoms with Crippen molar-refractivity contribution in [3.63, 3.8) is 0 Å². The van der Waals surface area contributed by atoms with Crippen LogP contribution in [0.15, 0.2) is 67.0 Å². The molecule has 0 fully saturated rings. The van der Waals surface area contributed by atoms with Crippen molar-refractivity contribution in [2.75, 3.05) is 13.7 Å². The number of pyridine rings is 1. The number of rotatable bonds is 9. The smallest absolute Gasteiger partial charge is 0.336 e. The number of hydrogen-bond acceptors (Lipinski definition) is 6. The van der Waals surface area contributed by atoms with Gasteiger partial charge in [0.15, 0.2) is 0 Å². The molecule has 4 aromatic rings. The monoisotopic (exact) mass is 498 g/mol. The number of nitrogens with one attached hydrogen (secondary N) is 1. The van der Waals surface area contributed by atoms with E-state index in [4.69, 9.17) is 4.74 Å². The number of ether oxygens (including phenoxy) is 1. The Morgan fingerprint density at radius 1 is 1.16 bits per heavy atom. The van der Waals surface area contributed by atoms with E-state index in [9.17, 15) is 19.8 Å². The van der Waals surface area contributed by atoms with Crippen molar-refractivity contribution < 1.29 is 24.5 Å². The maximum atomic E-state index is 13.0. The Morgan fingerprint density at radius 2 is 1.97 bits per heavy atom. The molecule has 0 aliphatic carbocycles. The molecule has 37 heavy (non-hydrogen) atoms. The Hall–Kier alpha value is -4.68. The van der Waals surface area contributed by atoms with E-state index in [2.05, 4.69) is 27.2 Å². The molecule has 9 heteroatoms. The molecule has 0 bridgehead atoms. The normalized spacial score (nSPS) is 11.5. The summed E-state index contributed by atoms with van der Waals surface area (Å²) in [7, 11) is 1.53. The molecule has 4 rings (SSSR count). The number of fused-ring (bicyclic) bond motifs is 1. The summed E-state index contributed by atoms with van der Waals surface area (Å²) in [6.07, 6.45) is 4.62. The number of phenols is 1. The largest absolute Gasteiger partial charge is 0.508 e. The number of aryl methyl sites for hydroxylation is 1. The van der Waals surface area contributed by atoms with E-state index in [-0.39, 0.29) is 29.7 Å². The fourth-order valence-corrected chi connectivity index (χ4v) is 3.89. The minimum atomic E-state index is -1.16. The summed E-state index contributed by atoms with van der Waals surface area (Å²) in [5, 5.41) is 26.7. The molecule has 2 heterocycles. The fraction of sp³-hybridized carbons (Fsp3) is 0.214. The van der Waals surface area contributed by atoms with Gasteiger partial charge in [0.2, 0.25) is 0 Å². The first kappa shape index (κ1) is 25.4. The highest BCUT2D eigenvalue weighted by molar-refractivity contribution is 6.06. The molecule has 9 nitrogen and oxygen atoms in total. The van der Waals surface area contributed by atoms with Crippen LogP contribution in [0.2, 0.25) is 0 Å². The fourth-order valence-electron chi connectivity index (χ4n) is 3.89. The van der Waals surface area contributed by atoms with Crippen molar-refractivity contribution in [2.24, 2.45) is 0 Å². The Bertz CT molecular complexity index is 1450. The molecule has 2 aromatic carbocycles. The summed E-state index contributed by atoms with van der Waals surface area (Å²) >= 11 is 0. The van der Waals surface area contributed by atoms with E-state index in [0.29, 0.717) is 35.9 Å². The number of phenolic OH excluding ortho intramolecular Hbond substituents is 1. The van der Waals surface area contributed by atoms with Crippen LogP contribution in [-0.2, 0) is 17.7 Å². The highest BCUT2D eigenvalue weighted by atomic mass is 16.5. The first-order valence-corrected chi connectivity index (χ1v) is 11.6. The van der Waals surface area contributed by atoms with Gasteiger partial charge in [-0.3, -0.25) is 9.48 Å². The SMILES string of the molecule is COC[C@H](Cc1ccc(O)cc1)NC(=O)c1cc(C(=O)O)c2cc(C#CCCn3cccn3)ccc2n1. The second-order valence-electron chi connectivity index (χ2n) is 8.41. The van der Waals surface area contributed by atoms with Crippen LogP contribution >= 0.6 is 0 Å². The molecule has 1 amide bonds. The number of carboxylic acid groups (broad SMARTS) is 1. The first-order valence-electron chi connectivity index (χ1n) is 11.6. The van der Waals surface area contributed by atoms with Crippen molar-refractivity contribution in [3.8, 4) is 17.6 Å². The summed E-state index contributed by atoms with van der Waals surface area (Å²) in [6, 6.07) is 14.5. The Labute approximate surface area is 213 Å². The topological polar surface area (TPSA) is 127 Å². The van der Waals surface area contributed by atoms with E-state index in [1.54, 1.807) is 53.3 Å². The van der Waals surface area contributed by atoms with Crippen molar-refractivity contribution in [2.45, 2.75) is 25.4 Å². The van der Waals surface area contributed by atoms with Crippen molar-refractivity contribution in [1.29, 1.82) is 0 Å². The van der Waals surface area contributed by atoms with Gasteiger partial charge in [-0.05, 0) is 54.4 Å². The van der Waals surface area contributed by atoms with Gasteiger partial charge >= 0.3 is 5.97 Å². The predicted octanol–water partition coefficient (Wildman–Crippen LogP) is 3.26. The maximum absolute atomic E-state index is 13.0. The van der Waals surface area contributed by atoms with Crippen LogP contribution in [-0.4, -0.2) is 56.6 Å². The van der Waals surface area contributed by atoms with E-state index in [1.165, 1.54) is 13.2 Å². The number of aromatic carboxylic acids is 1. The zero-order valence-corrected chi connectivity index (χ0v) is 20.2.